The first-order valence-electron chi connectivity index (χ1n) is 5.58. The molecule has 2 aromatic carbocycles. The summed E-state index contributed by atoms with van der Waals surface area (Å²) < 4.78 is 1.44. The molecule has 17 heavy (non-hydrogen) atoms. The average molecular weight is 285 g/mol. The summed E-state index contributed by atoms with van der Waals surface area (Å²) in [6, 6.07) is 19.1. The second kappa shape index (κ2) is 6.30. The van der Waals surface area contributed by atoms with E-state index in [2.05, 4.69) is 66.4 Å². The maximum atomic E-state index is 3.17. The van der Waals surface area contributed by atoms with Crippen LogP contribution in [0.15, 0.2) is 54.6 Å². The van der Waals surface area contributed by atoms with Gasteiger partial charge in [-0.1, -0.05) is 0 Å². The average Bonchev–Trinajstić information content (AvgIpc) is 2.39. The molecule has 0 aliphatic carbocycles. The van der Waals surface area contributed by atoms with Gasteiger partial charge in [-0.2, -0.15) is 0 Å². The Hall–Kier alpha value is -1.48. The van der Waals surface area contributed by atoms with Gasteiger partial charge in [0.2, 0.25) is 0 Å². The normalized spacial score (nSPS) is 9.47. The Morgan fingerprint density at radius 3 is 2.41 bits per heavy atom. The molecule has 0 bridgehead atoms. The third-order valence-electron chi connectivity index (χ3n) is 2.41. The van der Waals surface area contributed by atoms with Crippen LogP contribution in [-0.4, -0.2) is 15.0 Å². The van der Waals surface area contributed by atoms with Crippen LogP contribution in [0.3, 0.4) is 0 Å². The van der Waals surface area contributed by atoms with Gasteiger partial charge in [0.1, 0.15) is 0 Å². The molecule has 0 saturated heterocycles. The summed E-state index contributed by atoms with van der Waals surface area (Å²) in [4.78, 5) is 0. The van der Waals surface area contributed by atoms with Gasteiger partial charge in [0, 0.05) is 0 Å². The van der Waals surface area contributed by atoms with E-state index in [0.717, 1.165) is 5.32 Å². The molecule has 0 unspecified atom stereocenters. The molecule has 0 amide bonds. The van der Waals surface area contributed by atoms with Crippen molar-refractivity contribution in [2.45, 2.75) is 12.2 Å². The van der Waals surface area contributed by atoms with Crippen LogP contribution in [0, 0.1) is 11.8 Å². The van der Waals surface area contributed by atoms with Crippen molar-refractivity contribution < 1.29 is 0 Å². The van der Waals surface area contributed by atoms with Gasteiger partial charge in [-0.25, -0.2) is 0 Å². The molecule has 0 aliphatic heterocycles. The number of rotatable bonds is 3. The second-order valence-electron chi connectivity index (χ2n) is 3.63. The fourth-order valence-corrected chi connectivity index (χ4v) is 3.52. The topological polar surface area (TPSA) is 0 Å². The van der Waals surface area contributed by atoms with E-state index in [1.54, 1.807) is 0 Å². The summed E-state index contributed by atoms with van der Waals surface area (Å²) in [6.07, 6.45) is 0. The van der Waals surface area contributed by atoms with Gasteiger partial charge in [0.15, 0.2) is 0 Å². The molecule has 0 fully saturated rings. The minimum atomic E-state index is 0.493. The molecule has 0 heterocycles. The van der Waals surface area contributed by atoms with Gasteiger partial charge in [0.25, 0.3) is 0 Å². The summed E-state index contributed by atoms with van der Waals surface area (Å²) in [6.45, 7) is 1.89. The molecule has 2 rings (SSSR count). The van der Waals surface area contributed by atoms with Gasteiger partial charge >= 0.3 is 109 Å². The van der Waals surface area contributed by atoms with Crippen LogP contribution in [-0.2, 0) is 5.32 Å². The van der Waals surface area contributed by atoms with E-state index >= 15 is 0 Å². The summed E-state index contributed by atoms with van der Waals surface area (Å²) in [7, 11) is 0. The van der Waals surface area contributed by atoms with Crippen LogP contribution in [0.4, 0.5) is 0 Å². The zero-order valence-electron chi connectivity index (χ0n) is 9.81. The molecule has 0 saturated carbocycles. The van der Waals surface area contributed by atoms with E-state index in [9.17, 15) is 0 Å². The van der Waals surface area contributed by atoms with Crippen molar-refractivity contribution >= 4 is 19.4 Å². The van der Waals surface area contributed by atoms with Crippen molar-refractivity contribution in [2.75, 3.05) is 0 Å². The maximum absolute atomic E-state index is 3.17. The molecular weight excluding hydrogens is 271 g/mol. The summed E-state index contributed by atoms with van der Waals surface area (Å²) in [5.41, 5.74) is 2.54. The van der Waals surface area contributed by atoms with E-state index in [-0.39, 0.29) is 0 Å². The number of hydrogen-bond acceptors (Lipinski definition) is 0. The van der Waals surface area contributed by atoms with Crippen molar-refractivity contribution in [3.05, 3.63) is 65.7 Å². The molecule has 84 valence electrons. The first-order valence-corrected chi connectivity index (χ1v) is 7.65. The molecule has 0 radical (unpaired) electrons. The van der Waals surface area contributed by atoms with Crippen molar-refractivity contribution in [1.82, 2.24) is 0 Å². The number of hydrogen-bond donors (Lipinski definition) is 0. The predicted molar refractivity (Wildman–Crippen MR) is 74.5 cm³/mol. The van der Waals surface area contributed by atoms with E-state index in [1.807, 2.05) is 6.92 Å². The standard InChI is InChI=1S/C16H14Se/c1-2-8-14-9-6-7-10-15(14)13-17-16-11-4-3-5-12-16/h3-7,9-12H,13H2,1H3. The second-order valence-corrected chi connectivity index (χ2v) is 5.83. The summed E-state index contributed by atoms with van der Waals surface area (Å²) in [5.74, 6) is 6.15. The Balaban J connectivity index is 2.11. The van der Waals surface area contributed by atoms with E-state index in [1.165, 1.54) is 15.6 Å². The Morgan fingerprint density at radius 2 is 1.65 bits per heavy atom. The van der Waals surface area contributed by atoms with Crippen LogP contribution >= 0.6 is 0 Å². The van der Waals surface area contributed by atoms with Crippen molar-refractivity contribution in [3.63, 3.8) is 0 Å². The van der Waals surface area contributed by atoms with Crippen LogP contribution in [0.2, 0.25) is 0 Å². The molecule has 0 nitrogen and oxygen atoms in total. The third kappa shape index (κ3) is 3.49. The molecular formula is C16H14Se. The molecule has 0 spiro atoms. The predicted octanol–water partition coefficient (Wildman–Crippen LogP) is 2.59. The Kier molecular flexibility index (Phi) is 4.45. The molecule has 0 atom stereocenters. The van der Waals surface area contributed by atoms with Crippen molar-refractivity contribution in [3.8, 4) is 11.8 Å². The Bertz CT molecular complexity index is 532. The minimum absolute atomic E-state index is 0.493. The zero-order valence-corrected chi connectivity index (χ0v) is 11.5. The molecule has 0 N–H and O–H groups in total. The van der Waals surface area contributed by atoms with Crippen LogP contribution in [0.1, 0.15) is 18.1 Å². The molecule has 1 heteroatoms. The summed E-state index contributed by atoms with van der Waals surface area (Å²) in [5, 5.41) is 1.11. The van der Waals surface area contributed by atoms with Gasteiger partial charge < -0.3 is 0 Å². The van der Waals surface area contributed by atoms with Crippen molar-refractivity contribution in [2.24, 2.45) is 0 Å². The van der Waals surface area contributed by atoms with E-state index in [0.29, 0.717) is 15.0 Å². The monoisotopic (exact) mass is 286 g/mol. The van der Waals surface area contributed by atoms with Crippen molar-refractivity contribution in [1.29, 1.82) is 0 Å². The molecule has 0 aliphatic rings. The van der Waals surface area contributed by atoms with E-state index < -0.39 is 0 Å². The fraction of sp³-hybridized carbons (Fsp3) is 0.125. The Morgan fingerprint density at radius 1 is 0.941 bits per heavy atom. The van der Waals surface area contributed by atoms with E-state index in [4.69, 9.17) is 0 Å². The summed E-state index contributed by atoms with van der Waals surface area (Å²) >= 11 is 0.493. The zero-order chi connectivity index (χ0) is 11.9. The quantitative estimate of drug-likeness (QED) is 0.600. The Labute approximate surface area is 109 Å². The first kappa shape index (κ1) is 12.0. The molecule has 0 aromatic heterocycles. The van der Waals surface area contributed by atoms with Gasteiger partial charge in [0.05, 0.1) is 0 Å². The SMILES string of the molecule is CC#Cc1ccccc1C[Se]c1ccccc1. The van der Waals surface area contributed by atoms with Gasteiger partial charge in [-0.15, -0.1) is 0 Å². The van der Waals surface area contributed by atoms with Crippen LogP contribution in [0.5, 0.6) is 0 Å². The third-order valence-corrected chi connectivity index (χ3v) is 4.64. The van der Waals surface area contributed by atoms with Crippen LogP contribution < -0.4 is 4.46 Å². The fourth-order valence-electron chi connectivity index (χ4n) is 1.58. The number of benzene rings is 2. The first-order chi connectivity index (χ1) is 8.40. The van der Waals surface area contributed by atoms with Crippen LogP contribution in [0.25, 0.3) is 0 Å². The molecule has 2 aromatic rings. The van der Waals surface area contributed by atoms with Gasteiger partial charge in [-0.05, 0) is 0 Å². The van der Waals surface area contributed by atoms with Gasteiger partial charge in [-0.3, -0.25) is 0 Å².